The Bertz CT molecular complexity index is 666. The molecule has 0 saturated carbocycles. The molecule has 122 valence electrons. The summed E-state index contributed by atoms with van der Waals surface area (Å²) in [7, 11) is 1.62. The van der Waals surface area contributed by atoms with Gasteiger partial charge in [-0.15, -0.1) is 24.0 Å². The highest BCUT2D eigenvalue weighted by molar-refractivity contribution is 14.0. The topological polar surface area (TPSA) is 68.9 Å². The molecule has 1 heterocycles. The summed E-state index contributed by atoms with van der Waals surface area (Å²) in [6, 6.07) is 15.6. The van der Waals surface area contributed by atoms with Crippen molar-refractivity contribution in [3.63, 3.8) is 0 Å². The van der Waals surface area contributed by atoms with Crippen LogP contribution in [-0.2, 0) is 6.42 Å². The predicted molar refractivity (Wildman–Crippen MR) is 103 cm³/mol. The smallest absolute Gasteiger partial charge is 0.193 e. The lowest BCUT2D eigenvalue weighted by molar-refractivity contribution is 0.242. The summed E-state index contributed by atoms with van der Waals surface area (Å²) in [6.45, 7) is 0.517. The summed E-state index contributed by atoms with van der Waals surface area (Å²) in [4.78, 5) is 4.36. The third kappa shape index (κ3) is 4.28. The van der Waals surface area contributed by atoms with Crippen molar-refractivity contribution in [3.8, 4) is 11.5 Å². The molecule has 0 saturated heterocycles. The summed E-state index contributed by atoms with van der Waals surface area (Å²) in [5, 5.41) is 3.05. The Hall–Kier alpha value is -1.96. The van der Waals surface area contributed by atoms with Gasteiger partial charge in [-0.25, -0.2) is 4.99 Å². The fraction of sp³-hybridized carbons (Fsp3) is 0.235. The summed E-state index contributed by atoms with van der Waals surface area (Å²) in [5.41, 5.74) is 7.95. The highest BCUT2D eigenvalue weighted by Gasteiger charge is 2.21. The first-order chi connectivity index (χ1) is 10.8. The number of rotatable bonds is 4. The fourth-order valence-electron chi connectivity index (χ4n) is 2.48. The predicted octanol–water partition coefficient (Wildman–Crippen LogP) is 3.04. The van der Waals surface area contributed by atoms with Gasteiger partial charge in [-0.1, -0.05) is 30.3 Å². The summed E-state index contributed by atoms with van der Waals surface area (Å²) < 4.78 is 11.1. The van der Waals surface area contributed by atoms with Gasteiger partial charge < -0.3 is 20.5 Å². The molecule has 5 nitrogen and oxygen atoms in total. The van der Waals surface area contributed by atoms with Gasteiger partial charge in [0.15, 0.2) is 5.96 Å². The molecule has 0 aliphatic carbocycles. The first kappa shape index (κ1) is 17.4. The molecular weight excluding hydrogens is 405 g/mol. The number of ether oxygens (including phenoxy) is 2. The molecule has 0 fully saturated rings. The van der Waals surface area contributed by atoms with E-state index in [-0.39, 0.29) is 30.1 Å². The number of benzene rings is 2. The Morgan fingerprint density at radius 1 is 1.26 bits per heavy atom. The summed E-state index contributed by atoms with van der Waals surface area (Å²) >= 11 is 0. The molecule has 1 unspecified atom stereocenters. The minimum atomic E-state index is 0. The van der Waals surface area contributed by atoms with E-state index < -0.39 is 0 Å². The molecular formula is C17H20IN3O2. The quantitative estimate of drug-likeness (QED) is 0.449. The minimum absolute atomic E-state index is 0. The number of anilines is 1. The van der Waals surface area contributed by atoms with E-state index in [0.717, 1.165) is 23.6 Å². The van der Waals surface area contributed by atoms with Crippen molar-refractivity contribution < 1.29 is 9.47 Å². The van der Waals surface area contributed by atoms with Crippen LogP contribution < -0.4 is 20.5 Å². The summed E-state index contributed by atoms with van der Waals surface area (Å²) in [5.74, 6) is 2.02. The molecule has 0 aromatic heterocycles. The van der Waals surface area contributed by atoms with Crippen LogP contribution in [-0.4, -0.2) is 25.7 Å². The zero-order valence-corrected chi connectivity index (χ0v) is 15.2. The van der Waals surface area contributed by atoms with E-state index in [2.05, 4.69) is 16.4 Å². The van der Waals surface area contributed by atoms with Gasteiger partial charge in [0, 0.05) is 6.42 Å². The third-order valence-corrected chi connectivity index (χ3v) is 3.55. The van der Waals surface area contributed by atoms with Crippen LogP contribution >= 0.6 is 24.0 Å². The van der Waals surface area contributed by atoms with E-state index in [4.69, 9.17) is 15.2 Å². The van der Waals surface area contributed by atoms with E-state index in [1.807, 2.05) is 42.5 Å². The van der Waals surface area contributed by atoms with Crippen molar-refractivity contribution in [2.45, 2.75) is 12.5 Å². The monoisotopic (exact) mass is 425 g/mol. The Balaban J connectivity index is 0.00000192. The van der Waals surface area contributed by atoms with Crippen LogP contribution in [0.3, 0.4) is 0 Å². The lowest BCUT2D eigenvalue weighted by atomic mass is 10.1. The van der Waals surface area contributed by atoms with Crippen LogP contribution in [0.25, 0.3) is 0 Å². The van der Waals surface area contributed by atoms with Gasteiger partial charge in [0.05, 0.1) is 19.3 Å². The van der Waals surface area contributed by atoms with E-state index in [9.17, 15) is 0 Å². The number of methoxy groups -OCH3 is 1. The molecule has 3 N–H and O–H groups in total. The number of hydrogen-bond acceptors (Lipinski definition) is 3. The van der Waals surface area contributed by atoms with Gasteiger partial charge in [-0.05, 0) is 23.8 Å². The number of aliphatic imine (C=N–C) groups is 1. The van der Waals surface area contributed by atoms with E-state index in [0.29, 0.717) is 12.5 Å². The van der Waals surface area contributed by atoms with Gasteiger partial charge in [0.1, 0.15) is 17.6 Å². The zero-order valence-electron chi connectivity index (χ0n) is 12.9. The number of nitrogens with one attached hydrogen (secondary N) is 1. The molecule has 3 rings (SSSR count). The summed E-state index contributed by atoms with van der Waals surface area (Å²) in [6.07, 6.45) is 0.900. The van der Waals surface area contributed by atoms with Gasteiger partial charge >= 0.3 is 0 Å². The number of para-hydroxylation sites is 3. The van der Waals surface area contributed by atoms with Crippen molar-refractivity contribution >= 4 is 35.6 Å². The first-order valence-electron chi connectivity index (χ1n) is 7.21. The lowest BCUT2D eigenvalue weighted by Gasteiger charge is -2.11. The first-order valence-corrected chi connectivity index (χ1v) is 7.21. The standard InChI is InChI=1S/C17H19N3O2.HI/c1-21-16-9-5-3-7-14(16)20-17(18)19-11-13-10-12-6-2-4-8-15(12)22-13;/h2-9,13H,10-11H2,1H3,(H3,18,19,20);1H. The average molecular weight is 425 g/mol. The molecule has 0 spiro atoms. The number of hydrogen-bond donors (Lipinski definition) is 2. The Morgan fingerprint density at radius 3 is 2.78 bits per heavy atom. The number of fused-ring (bicyclic) bond motifs is 1. The van der Waals surface area contributed by atoms with Crippen LogP contribution in [0.15, 0.2) is 53.5 Å². The van der Waals surface area contributed by atoms with Gasteiger partial charge in [-0.2, -0.15) is 0 Å². The van der Waals surface area contributed by atoms with Crippen LogP contribution in [0.4, 0.5) is 5.69 Å². The Labute approximate surface area is 152 Å². The van der Waals surface area contributed by atoms with Crippen LogP contribution in [0, 0.1) is 0 Å². The second-order valence-corrected chi connectivity index (χ2v) is 5.10. The molecule has 2 aromatic rings. The third-order valence-electron chi connectivity index (χ3n) is 3.55. The van der Waals surface area contributed by atoms with Crippen molar-refractivity contribution in [1.82, 2.24) is 0 Å². The maximum absolute atomic E-state index is 5.94. The van der Waals surface area contributed by atoms with Crippen LogP contribution in [0.5, 0.6) is 11.5 Å². The number of nitrogens with two attached hydrogens (primary N) is 1. The average Bonchev–Trinajstić information content (AvgIpc) is 2.96. The SMILES string of the molecule is COc1ccccc1NC(N)=NCC1Cc2ccccc2O1.I. The number of nitrogens with zero attached hydrogens (tertiary/aromatic N) is 1. The largest absolute Gasteiger partial charge is 0.495 e. The lowest BCUT2D eigenvalue weighted by Crippen LogP contribution is -2.26. The normalized spacial score (nSPS) is 16.0. The van der Waals surface area contributed by atoms with Crippen molar-refractivity contribution in [2.75, 3.05) is 19.0 Å². The van der Waals surface area contributed by atoms with Gasteiger partial charge in [0.25, 0.3) is 0 Å². The molecule has 1 aliphatic rings. The number of guanidine groups is 1. The second kappa shape index (κ2) is 8.05. The highest BCUT2D eigenvalue weighted by atomic mass is 127. The maximum atomic E-state index is 5.94. The molecule has 0 amide bonds. The van der Waals surface area contributed by atoms with E-state index in [1.54, 1.807) is 7.11 Å². The van der Waals surface area contributed by atoms with Crippen molar-refractivity contribution in [2.24, 2.45) is 10.7 Å². The molecule has 23 heavy (non-hydrogen) atoms. The number of halogens is 1. The zero-order chi connectivity index (χ0) is 15.4. The van der Waals surface area contributed by atoms with Crippen molar-refractivity contribution in [3.05, 3.63) is 54.1 Å². The molecule has 0 radical (unpaired) electrons. The van der Waals surface area contributed by atoms with Gasteiger partial charge in [-0.3, -0.25) is 0 Å². The molecule has 0 bridgehead atoms. The Kier molecular flexibility index (Phi) is 6.09. The van der Waals surface area contributed by atoms with E-state index >= 15 is 0 Å². The maximum Gasteiger partial charge on any atom is 0.193 e. The second-order valence-electron chi connectivity index (χ2n) is 5.10. The Morgan fingerprint density at radius 2 is 2.00 bits per heavy atom. The molecule has 6 heteroatoms. The minimum Gasteiger partial charge on any atom is -0.495 e. The van der Waals surface area contributed by atoms with Crippen molar-refractivity contribution in [1.29, 1.82) is 0 Å². The van der Waals surface area contributed by atoms with Crippen LogP contribution in [0.2, 0.25) is 0 Å². The van der Waals surface area contributed by atoms with E-state index in [1.165, 1.54) is 5.56 Å². The van der Waals surface area contributed by atoms with Crippen LogP contribution in [0.1, 0.15) is 5.56 Å². The fourth-order valence-corrected chi connectivity index (χ4v) is 2.48. The molecule has 1 atom stereocenters. The highest BCUT2D eigenvalue weighted by Crippen LogP contribution is 2.28. The molecule has 2 aromatic carbocycles. The molecule has 1 aliphatic heterocycles. The van der Waals surface area contributed by atoms with Gasteiger partial charge in [0.2, 0.25) is 0 Å².